The summed E-state index contributed by atoms with van der Waals surface area (Å²) in [5.74, 6) is -0.570. The average molecular weight is 378 g/mol. The van der Waals surface area contributed by atoms with Crippen LogP contribution >= 0.6 is 0 Å². The lowest BCUT2D eigenvalue weighted by Crippen LogP contribution is -2.27. The number of benzene rings is 2. The van der Waals surface area contributed by atoms with Crippen LogP contribution in [0.4, 0.5) is 23.7 Å². The van der Waals surface area contributed by atoms with Crippen LogP contribution in [0.15, 0.2) is 48.5 Å². The summed E-state index contributed by atoms with van der Waals surface area (Å²) in [5.41, 5.74) is 0.689. The van der Waals surface area contributed by atoms with E-state index in [4.69, 9.17) is 4.74 Å². The van der Waals surface area contributed by atoms with Crippen LogP contribution in [0.1, 0.15) is 21.5 Å². The minimum atomic E-state index is -4.40. The average Bonchev–Trinajstić information content (AvgIpc) is 3.07. The van der Waals surface area contributed by atoms with Gasteiger partial charge in [0.15, 0.2) is 0 Å². The molecule has 2 amide bonds. The van der Waals surface area contributed by atoms with Crippen LogP contribution in [0.3, 0.4) is 0 Å². The first-order valence-corrected chi connectivity index (χ1v) is 8.33. The number of nitrogens with zero attached hydrogens (tertiary/aromatic N) is 1. The number of carbonyl (C=O) groups excluding carboxylic acids is 2. The standard InChI is InChI=1S/C19H17F3N2O3/c20-19(21,22)15-3-1-2-13(12-15)8-11-27-17(25)14-4-6-16(7-5-14)24-10-9-23-18(24)26/h1-7,12H,8-11H2,(H,23,26). The highest BCUT2D eigenvalue weighted by molar-refractivity contribution is 5.95. The summed E-state index contributed by atoms with van der Waals surface area (Å²) in [5, 5.41) is 2.69. The fourth-order valence-electron chi connectivity index (χ4n) is 2.74. The van der Waals surface area contributed by atoms with E-state index in [0.29, 0.717) is 29.9 Å². The number of halogens is 3. The molecule has 8 heteroatoms. The van der Waals surface area contributed by atoms with Gasteiger partial charge in [0.2, 0.25) is 0 Å². The molecule has 0 saturated carbocycles. The molecular weight excluding hydrogens is 361 g/mol. The van der Waals surface area contributed by atoms with Crippen LogP contribution in [0.2, 0.25) is 0 Å². The molecule has 0 unspecified atom stereocenters. The molecular formula is C19H17F3N2O3. The summed E-state index contributed by atoms with van der Waals surface area (Å²) in [6.45, 7) is 1.09. The second-order valence-electron chi connectivity index (χ2n) is 6.01. The van der Waals surface area contributed by atoms with E-state index in [9.17, 15) is 22.8 Å². The molecule has 0 bridgehead atoms. The first-order valence-electron chi connectivity index (χ1n) is 8.33. The van der Waals surface area contributed by atoms with Gasteiger partial charge >= 0.3 is 18.2 Å². The Morgan fingerprint density at radius 3 is 2.52 bits per heavy atom. The van der Waals surface area contributed by atoms with Gasteiger partial charge in [0.05, 0.1) is 17.7 Å². The number of urea groups is 1. The molecule has 1 fully saturated rings. The number of alkyl halides is 3. The minimum absolute atomic E-state index is 0.0313. The molecule has 3 rings (SSSR count). The topological polar surface area (TPSA) is 58.6 Å². The molecule has 0 atom stereocenters. The van der Waals surface area contributed by atoms with Crippen molar-refractivity contribution in [1.82, 2.24) is 5.32 Å². The van der Waals surface area contributed by atoms with E-state index < -0.39 is 17.7 Å². The highest BCUT2D eigenvalue weighted by Gasteiger charge is 2.30. The monoisotopic (exact) mass is 378 g/mol. The van der Waals surface area contributed by atoms with Crippen molar-refractivity contribution in [2.24, 2.45) is 0 Å². The number of anilines is 1. The van der Waals surface area contributed by atoms with Crippen LogP contribution in [0, 0.1) is 0 Å². The molecule has 1 N–H and O–H groups in total. The SMILES string of the molecule is O=C(OCCc1cccc(C(F)(F)F)c1)c1ccc(N2CCNC2=O)cc1. The van der Waals surface area contributed by atoms with Crippen LogP contribution < -0.4 is 10.2 Å². The first-order chi connectivity index (χ1) is 12.8. The molecule has 0 aliphatic carbocycles. The summed E-state index contributed by atoms with van der Waals surface area (Å²) < 4.78 is 43.2. The number of esters is 1. The minimum Gasteiger partial charge on any atom is -0.462 e. The predicted octanol–water partition coefficient (Wildman–Crippen LogP) is 3.63. The van der Waals surface area contributed by atoms with Crippen LogP contribution in [0.5, 0.6) is 0 Å². The highest BCUT2D eigenvalue weighted by atomic mass is 19.4. The fourth-order valence-corrected chi connectivity index (χ4v) is 2.74. The van der Waals surface area contributed by atoms with Gasteiger partial charge in [-0.25, -0.2) is 9.59 Å². The zero-order valence-electron chi connectivity index (χ0n) is 14.3. The van der Waals surface area contributed by atoms with Gasteiger partial charge in [-0.05, 0) is 35.9 Å². The molecule has 5 nitrogen and oxygen atoms in total. The molecule has 0 radical (unpaired) electrons. The maximum absolute atomic E-state index is 12.7. The Kier molecular flexibility index (Phi) is 5.34. The van der Waals surface area contributed by atoms with Gasteiger partial charge in [-0.15, -0.1) is 0 Å². The van der Waals surface area contributed by atoms with Gasteiger partial charge < -0.3 is 10.1 Å². The van der Waals surface area contributed by atoms with Crippen molar-refractivity contribution in [3.05, 3.63) is 65.2 Å². The smallest absolute Gasteiger partial charge is 0.416 e. The van der Waals surface area contributed by atoms with Crippen molar-refractivity contribution >= 4 is 17.7 Å². The van der Waals surface area contributed by atoms with Gasteiger partial charge in [-0.1, -0.05) is 18.2 Å². The van der Waals surface area contributed by atoms with E-state index in [1.54, 1.807) is 35.2 Å². The lowest BCUT2D eigenvalue weighted by Gasteiger charge is -2.14. The Hall–Kier alpha value is -3.03. The number of amides is 2. The van der Waals surface area contributed by atoms with Gasteiger partial charge in [0.1, 0.15) is 0 Å². The van der Waals surface area contributed by atoms with Crippen molar-refractivity contribution in [3.63, 3.8) is 0 Å². The summed E-state index contributed by atoms with van der Waals surface area (Å²) in [7, 11) is 0. The molecule has 27 heavy (non-hydrogen) atoms. The van der Waals surface area contributed by atoms with E-state index in [2.05, 4.69) is 5.32 Å². The van der Waals surface area contributed by atoms with Gasteiger partial charge in [0.25, 0.3) is 0 Å². The third kappa shape index (κ3) is 4.58. The Balaban J connectivity index is 1.54. The Bertz CT molecular complexity index is 835. The summed E-state index contributed by atoms with van der Waals surface area (Å²) >= 11 is 0. The van der Waals surface area contributed by atoms with E-state index >= 15 is 0 Å². The molecule has 1 aliphatic heterocycles. The zero-order valence-corrected chi connectivity index (χ0v) is 14.3. The maximum Gasteiger partial charge on any atom is 0.416 e. The van der Waals surface area contributed by atoms with Gasteiger partial charge in [-0.3, -0.25) is 4.90 Å². The number of nitrogens with one attached hydrogen (secondary N) is 1. The Morgan fingerprint density at radius 1 is 1.15 bits per heavy atom. The predicted molar refractivity (Wildman–Crippen MR) is 92.6 cm³/mol. The van der Waals surface area contributed by atoms with E-state index in [-0.39, 0.29) is 19.1 Å². The Labute approximate surface area is 153 Å². The van der Waals surface area contributed by atoms with Crippen molar-refractivity contribution in [3.8, 4) is 0 Å². The number of ether oxygens (including phenoxy) is 1. The normalized spacial score (nSPS) is 14.2. The first kappa shape index (κ1) is 18.8. The van der Waals surface area contributed by atoms with E-state index in [1.165, 1.54) is 6.07 Å². The molecule has 1 aliphatic rings. The zero-order chi connectivity index (χ0) is 19.4. The number of hydrogen-bond donors (Lipinski definition) is 1. The molecule has 1 saturated heterocycles. The second kappa shape index (κ2) is 7.69. The summed E-state index contributed by atoms with van der Waals surface area (Å²) in [4.78, 5) is 25.2. The third-order valence-corrected chi connectivity index (χ3v) is 4.15. The van der Waals surface area contributed by atoms with Crippen LogP contribution in [-0.2, 0) is 17.3 Å². The highest BCUT2D eigenvalue weighted by Crippen LogP contribution is 2.29. The van der Waals surface area contributed by atoms with Crippen molar-refractivity contribution in [2.45, 2.75) is 12.6 Å². The third-order valence-electron chi connectivity index (χ3n) is 4.15. The van der Waals surface area contributed by atoms with Crippen molar-refractivity contribution in [1.29, 1.82) is 0 Å². The molecule has 0 spiro atoms. The lowest BCUT2D eigenvalue weighted by molar-refractivity contribution is -0.137. The maximum atomic E-state index is 12.7. The molecule has 2 aromatic rings. The molecule has 142 valence electrons. The Morgan fingerprint density at radius 2 is 1.89 bits per heavy atom. The van der Waals surface area contributed by atoms with Crippen LogP contribution in [0.25, 0.3) is 0 Å². The number of hydrogen-bond acceptors (Lipinski definition) is 3. The largest absolute Gasteiger partial charge is 0.462 e. The number of rotatable bonds is 5. The van der Waals surface area contributed by atoms with Crippen molar-refractivity contribution < 1.29 is 27.5 Å². The molecule has 1 heterocycles. The van der Waals surface area contributed by atoms with Gasteiger partial charge in [-0.2, -0.15) is 13.2 Å². The summed E-state index contributed by atoms with van der Waals surface area (Å²) in [6, 6.07) is 11.1. The number of carbonyl (C=O) groups is 2. The van der Waals surface area contributed by atoms with Crippen molar-refractivity contribution in [2.75, 3.05) is 24.6 Å². The lowest BCUT2D eigenvalue weighted by atomic mass is 10.1. The fraction of sp³-hybridized carbons (Fsp3) is 0.263. The van der Waals surface area contributed by atoms with E-state index in [1.807, 2.05) is 0 Å². The van der Waals surface area contributed by atoms with E-state index in [0.717, 1.165) is 12.1 Å². The summed E-state index contributed by atoms with van der Waals surface area (Å²) in [6.07, 6.45) is -4.22. The molecule has 2 aromatic carbocycles. The molecule has 0 aromatic heterocycles. The second-order valence-corrected chi connectivity index (χ2v) is 6.01. The van der Waals surface area contributed by atoms with Gasteiger partial charge in [0, 0.05) is 25.2 Å². The quantitative estimate of drug-likeness (QED) is 0.809. The van der Waals surface area contributed by atoms with Crippen LogP contribution in [-0.4, -0.2) is 31.7 Å².